The zero-order chi connectivity index (χ0) is 20.4. The zero-order valence-corrected chi connectivity index (χ0v) is 17.5. The fourth-order valence-electron chi connectivity index (χ4n) is 2.84. The number of aromatic nitrogens is 5. The van der Waals surface area contributed by atoms with Crippen molar-refractivity contribution in [3.63, 3.8) is 0 Å². The summed E-state index contributed by atoms with van der Waals surface area (Å²) in [7, 11) is 1.78. The number of pyridine rings is 1. The number of aryl methyl sites for hydroxylation is 1. The summed E-state index contributed by atoms with van der Waals surface area (Å²) in [4.78, 5) is 29.2. The molecule has 0 saturated heterocycles. The normalized spacial score (nSPS) is 11.1. The van der Waals surface area contributed by atoms with E-state index in [1.165, 1.54) is 23.1 Å². The van der Waals surface area contributed by atoms with Crippen molar-refractivity contribution in [1.29, 1.82) is 0 Å². The molecule has 0 aliphatic carbocycles. The van der Waals surface area contributed by atoms with E-state index in [0.29, 0.717) is 28.2 Å². The number of amides is 1. The molecule has 0 aliphatic heterocycles. The van der Waals surface area contributed by atoms with E-state index >= 15 is 0 Å². The molecule has 4 rings (SSSR count). The number of hydrogen-bond acceptors (Lipinski definition) is 7. The lowest BCUT2D eigenvalue weighted by Crippen LogP contribution is -2.20. The van der Waals surface area contributed by atoms with E-state index in [-0.39, 0.29) is 17.2 Å². The molecule has 0 atom stereocenters. The quantitative estimate of drug-likeness (QED) is 0.476. The lowest BCUT2D eigenvalue weighted by atomic mass is 10.2. The number of carbonyl (C=O) groups is 1. The van der Waals surface area contributed by atoms with Gasteiger partial charge in [0.1, 0.15) is 0 Å². The van der Waals surface area contributed by atoms with Gasteiger partial charge in [-0.25, -0.2) is 4.98 Å². The number of nitrogens with one attached hydrogen (secondary N) is 1. The molecule has 0 fully saturated rings. The fraction of sp³-hybridized carbons (Fsp3) is 0.211. The van der Waals surface area contributed by atoms with Gasteiger partial charge in [-0.1, -0.05) is 35.2 Å². The third kappa shape index (κ3) is 3.94. The number of fused-ring (bicyclic) bond motifs is 1. The van der Waals surface area contributed by atoms with Crippen LogP contribution in [0.4, 0.5) is 5.13 Å². The van der Waals surface area contributed by atoms with E-state index in [9.17, 15) is 9.59 Å². The van der Waals surface area contributed by atoms with Crippen molar-refractivity contribution >= 4 is 44.4 Å². The Hall–Kier alpha value is -2.98. The van der Waals surface area contributed by atoms with Crippen LogP contribution in [0.2, 0.25) is 0 Å². The van der Waals surface area contributed by atoms with Gasteiger partial charge in [-0.3, -0.25) is 9.59 Å². The van der Waals surface area contributed by atoms with E-state index in [2.05, 4.69) is 20.5 Å². The van der Waals surface area contributed by atoms with Crippen molar-refractivity contribution in [2.75, 3.05) is 11.1 Å². The maximum atomic E-state index is 12.5. The summed E-state index contributed by atoms with van der Waals surface area (Å²) in [6.07, 6.45) is 1.74. The van der Waals surface area contributed by atoms with Crippen molar-refractivity contribution in [2.24, 2.45) is 7.05 Å². The minimum atomic E-state index is -0.174. The summed E-state index contributed by atoms with van der Waals surface area (Å²) in [5, 5.41) is 12.2. The molecule has 29 heavy (non-hydrogen) atoms. The van der Waals surface area contributed by atoms with Gasteiger partial charge in [0.05, 0.1) is 21.5 Å². The van der Waals surface area contributed by atoms with Gasteiger partial charge in [0.15, 0.2) is 16.1 Å². The van der Waals surface area contributed by atoms with Crippen LogP contribution in [-0.4, -0.2) is 36.0 Å². The molecule has 1 N–H and O–H groups in total. The summed E-state index contributed by atoms with van der Waals surface area (Å²) >= 11 is 2.69. The standard InChI is InChI=1S/C19H18N6O2S2/c1-3-25-10-6-7-12(17(25)27)16-22-23-19(24(16)2)28-11-15(26)21-18-20-13-8-4-5-9-14(13)29-18/h4-10H,3,11H2,1-2H3,(H,20,21,26). The number of thioether (sulfide) groups is 1. The number of thiazole rings is 1. The first-order chi connectivity index (χ1) is 14.1. The topological polar surface area (TPSA) is 94.7 Å². The minimum absolute atomic E-state index is 0.115. The van der Waals surface area contributed by atoms with Crippen LogP contribution in [-0.2, 0) is 18.4 Å². The molecule has 0 saturated carbocycles. The second kappa shape index (κ2) is 8.18. The molecule has 0 spiro atoms. The molecule has 1 aromatic carbocycles. The van der Waals surface area contributed by atoms with Gasteiger partial charge in [-0.2, -0.15) is 0 Å². The largest absolute Gasteiger partial charge is 0.315 e. The van der Waals surface area contributed by atoms with Crippen molar-refractivity contribution in [2.45, 2.75) is 18.6 Å². The highest BCUT2D eigenvalue weighted by Gasteiger charge is 2.16. The summed E-state index contributed by atoms with van der Waals surface area (Å²) in [5.74, 6) is 0.467. The van der Waals surface area contributed by atoms with Gasteiger partial charge in [-0.15, -0.1) is 10.2 Å². The Bertz CT molecular complexity index is 1210. The van der Waals surface area contributed by atoms with Crippen molar-refractivity contribution < 1.29 is 4.79 Å². The average Bonchev–Trinajstić information content (AvgIpc) is 3.29. The third-order valence-electron chi connectivity index (χ3n) is 4.31. The van der Waals surface area contributed by atoms with Crippen LogP contribution in [0.15, 0.2) is 52.5 Å². The fourth-order valence-corrected chi connectivity index (χ4v) is 4.44. The predicted molar refractivity (Wildman–Crippen MR) is 115 cm³/mol. The van der Waals surface area contributed by atoms with Crippen LogP contribution in [0.3, 0.4) is 0 Å². The highest BCUT2D eigenvalue weighted by molar-refractivity contribution is 7.99. The number of anilines is 1. The molecular weight excluding hydrogens is 408 g/mol. The number of para-hydroxylation sites is 1. The third-order valence-corrected chi connectivity index (χ3v) is 6.28. The summed E-state index contributed by atoms with van der Waals surface area (Å²) < 4.78 is 4.36. The SMILES string of the molecule is CCn1cccc(-c2nnc(SCC(=O)Nc3nc4ccccc4s3)n2C)c1=O. The van der Waals surface area contributed by atoms with Gasteiger partial charge in [0, 0.05) is 19.8 Å². The molecule has 0 unspecified atom stereocenters. The number of rotatable bonds is 6. The molecule has 3 heterocycles. The Kier molecular flexibility index (Phi) is 5.45. The molecule has 0 bridgehead atoms. The Morgan fingerprint density at radius 1 is 1.21 bits per heavy atom. The molecule has 1 amide bonds. The first kappa shape index (κ1) is 19.3. The van der Waals surface area contributed by atoms with Crippen molar-refractivity contribution in [1.82, 2.24) is 24.3 Å². The second-order valence-electron chi connectivity index (χ2n) is 6.20. The molecule has 8 nitrogen and oxygen atoms in total. The van der Waals surface area contributed by atoms with E-state index in [1.807, 2.05) is 37.3 Å². The Morgan fingerprint density at radius 2 is 2.03 bits per heavy atom. The zero-order valence-electron chi connectivity index (χ0n) is 15.8. The first-order valence-electron chi connectivity index (χ1n) is 8.94. The van der Waals surface area contributed by atoms with Gasteiger partial charge >= 0.3 is 0 Å². The average molecular weight is 427 g/mol. The minimum Gasteiger partial charge on any atom is -0.315 e. The van der Waals surface area contributed by atoms with Gasteiger partial charge in [0.25, 0.3) is 5.56 Å². The summed E-state index contributed by atoms with van der Waals surface area (Å²) in [6, 6.07) is 11.3. The second-order valence-corrected chi connectivity index (χ2v) is 8.17. The van der Waals surface area contributed by atoms with Gasteiger partial charge in [0.2, 0.25) is 5.91 Å². The Balaban J connectivity index is 1.45. The lowest BCUT2D eigenvalue weighted by molar-refractivity contribution is -0.113. The van der Waals surface area contributed by atoms with Crippen LogP contribution in [0.5, 0.6) is 0 Å². The molecule has 3 aromatic heterocycles. The van der Waals surface area contributed by atoms with Crippen molar-refractivity contribution in [3.05, 3.63) is 52.9 Å². The van der Waals surface area contributed by atoms with Crippen LogP contribution in [0.1, 0.15) is 6.92 Å². The van der Waals surface area contributed by atoms with Crippen LogP contribution in [0.25, 0.3) is 21.6 Å². The maximum Gasteiger partial charge on any atom is 0.261 e. The maximum absolute atomic E-state index is 12.5. The monoisotopic (exact) mass is 426 g/mol. The first-order valence-corrected chi connectivity index (χ1v) is 10.7. The molecule has 148 valence electrons. The van der Waals surface area contributed by atoms with Crippen molar-refractivity contribution in [3.8, 4) is 11.4 Å². The number of carbonyl (C=O) groups excluding carboxylic acids is 1. The number of benzene rings is 1. The van der Waals surface area contributed by atoms with Crippen LogP contribution < -0.4 is 10.9 Å². The molecular formula is C19H18N6O2S2. The highest BCUT2D eigenvalue weighted by atomic mass is 32.2. The predicted octanol–water partition coefficient (Wildman–Crippen LogP) is 3.00. The molecule has 0 aliphatic rings. The molecule has 10 heteroatoms. The highest BCUT2D eigenvalue weighted by Crippen LogP contribution is 2.26. The Labute approximate surface area is 174 Å². The lowest BCUT2D eigenvalue weighted by Gasteiger charge is -2.06. The van der Waals surface area contributed by atoms with Crippen LogP contribution >= 0.6 is 23.1 Å². The molecule has 0 radical (unpaired) electrons. The van der Waals surface area contributed by atoms with E-state index in [4.69, 9.17) is 0 Å². The molecule has 4 aromatic rings. The van der Waals surface area contributed by atoms with E-state index in [1.54, 1.807) is 28.4 Å². The van der Waals surface area contributed by atoms with Gasteiger partial charge < -0.3 is 14.5 Å². The van der Waals surface area contributed by atoms with E-state index < -0.39 is 0 Å². The van der Waals surface area contributed by atoms with E-state index in [0.717, 1.165) is 10.2 Å². The smallest absolute Gasteiger partial charge is 0.261 e. The van der Waals surface area contributed by atoms with Gasteiger partial charge in [-0.05, 0) is 31.2 Å². The van der Waals surface area contributed by atoms with Crippen LogP contribution in [0, 0.1) is 0 Å². The number of hydrogen-bond donors (Lipinski definition) is 1. The summed E-state index contributed by atoms with van der Waals surface area (Å²) in [5.41, 5.74) is 1.23. The number of nitrogens with zero attached hydrogens (tertiary/aromatic N) is 5. The Morgan fingerprint density at radius 3 is 2.83 bits per heavy atom. The summed E-state index contributed by atoms with van der Waals surface area (Å²) in [6.45, 7) is 2.49.